The zero-order valence-electron chi connectivity index (χ0n) is 9.05. The Labute approximate surface area is 112 Å². The lowest BCUT2D eigenvalue weighted by Gasteiger charge is -2.04. The Morgan fingerprint density at radius 2 is 2.12 bits per heavy atom. The van der Waals surface area contributed by atoms with Gasteiger partial charge in [-0.15, -0.1) is 0 Å². The fourth-order valence-electron chi connectivity index (χ4n) is 1.23. The molecule has 0 bridgehead atoms. The van der Waals surface area contributed by atoms with Crippen molar-refractivity contribution in [1.29, 1.82) is 0 Å². The molecule has 6 heteroatoms. The molecular weight excluding hydrogens is 302 g/mol. The van der Waals surface area contributed by atoms with Gasteiger partial charge in [0.05, 0.1) is 7.11 Å². The van der Waals surface area contributed by atoms with E-state index in [0.717, 1.165) is 10.6 Å². The predicted octanol–water partition coefficient (Wildman–Crippen LogP) is 2.98. The first kappa shape index (κ1) is 12.2. The highest BCUT2D eigenvalue weighted by molar-refractivity contribution is 9.10. The summed E-state index contributed by atoms with van der Waals surface area (Å²) < 4.78 is 5.83. The number of halogens is 1. The number of ether oxygens (including phenoxy) is 1. The molecule has 0 amide bonds. The Kier molecular flexibility index (Phi) is 3.86. The molecule has 1 aromatic carbocycles. The molecular formula is C11H10BrN3OS. The maximum absolute atomic E-state index is 5.65. The van der Waals surface area contributed by atoms with Crippen molar-refractivity contribution in [2.24, 2.45) is 0 Å². The van der Waals surface area contributed by atoms with Gasteiger partial charge in [0.25, 0.3) is 0 Å². The second-order valence-corrected chi connectivity index (χ2v) is 5.03. The maximum atomic E-state index is 5.65. The lowest BCUT2D eigenvalue weighted by atomic mass is 10.3. The molecule has 2 aromatic rings. The lowest BCUT2D eigenvalue weighted by Crippen LogP contribution is -1.94. The normalized spacial score (nSPS) is 10.2. The third kappa shape index (κ3) is 3.34. The molecule has 4 nitrogen and oxygen atoms in total. The van der Waals surface area contributed by atoms with Crippen LogP contribution in [0, 0.1) is 0 Å². The topological polar surface area (TPSA) is 61.0 Å². The molecule has 0 fully saturated rings. The van der Waals surface area contributed by atoms with Gasteiger partial charge in [-0.25, -0.2) is 9.97 Å². The Bertz CT molecular complexity index is 516. The first-order chi connectivity index (χ1) is 8.17. The van der Waals surface area contributed by atoms with Crippen LogP contribution in [0.5, 0.6) is 5.75 Å². The molecule has 0 spiro atoms. The quantitative estimate of drug-likeness (QED) is 0.697. The molecule has 0 aliphatic heterocycles. The van der Waals surface area contributed by atoms with E-state index in [9.17, 15) is 0 Å². The molecule has 0 aliphatic carbocycles. The third-order valence-electron chi connectivity index (χ3n) is 1.94. The summed E-state index contributed by atoms with van der Waals surface area (Å²) in [6.45, 7) is 0. The third-order valence-corrected chi connectivity index (χ3v) is 3.21. The number of hydrogen-bond acceptors (Lipinski definition) is 5. The fraction of sp³-hybridized carbons (Fsp3) is 0.0909. The molecule has 1 heterocycles. The van der Waals surface area contributed by atoms with E-state index < -0.39 is 0 Å². The van der Waals surface area contributed by atoms with Crippen molar-refractivity contribution in [2.75, 3.05) is 12.8 Å². The van der Waals surface area contributed by atoms with Crippen molar-refractivity contribution in [3.63, 3.8) is 0 Å². The number of nitrogens with two attached hydrogens (primary N) is 1. The van der Waals surface area contributed by atoms with Crippen LogP contribution >= 0.6 is 27.7 Å². The van der Waals surface area contributed by atoms with Crippen molar-refractivity contribution < 1.29 is 4.74 Å². The Morgan fingerprint density at radius 1 is 1.29 bits per heavy atom. The Morgan fingerprint density at radius 3 is 2.82 bits per heavy atom. The van der Waals surface area contributed by atoms with Gasteiger partial charge >= 0.3 is 0 Å². The molecule has 1 aromatic heterocycles. The summed E-state index contributed by atoms with van der Waals surface area (Å²) in [6.07, 6.45) is 0. The van der Waals surface area contributed by atoms with Crippen LogP contribution in [-0.4, -0.2) is 17.1 Å². The van der Waals surface area contributed by atoms with Gasteiger partial charge in [0.1, 0.15) is 16.2 Å². The summed E-state index contributed by atoms with van der Waals surface area (Å²) in [7, 11) is 1.64. The summed E-state index contributed by atoms with van der Waals surface area (Å²) in [5, 5.41) is 0.602. The molecule has 2 rings (SSSR count). The van der Waals surface area contributed by atoms with Crippen molar-refractivity contribution in [2.45, 2.75) is 10.1 Å². The number of anilines is 1. The Hall–Kier alpha value is -1.27. The van der Waals surface area contributed by atoms with Crippen molar-refractivity contribution in [1.82, 2.24) is 9.97 Å². The van der Waals surface area contributed by atoms with Crippen LogP contribution in [0.25, 0.3) is 0 Å². The van der Waals surface area contributed by atoms with E-state index in [2.05, 4.69) is 25.9 Å². The van der Waals surface area contributed by atoms with Gasteiger partial charge in [-0.3, -0.25) is 0 Å². The van der Waals surface area contributed by atoms with Crippen LogP contribution in [0.2, 0.25) is 0 Å². The van der Waals surface area contributed by atoms with E-state index >= 15 is 0 Å². The molecule has 0 atom stereocenters. The van der Waals surface area contributed by atoms with E-state index in [4.69, 9.17) is 10.5 Å². The van der Waals surface area contributed by atoms with Crippen molar-refractivity contribution >= 4 is 33.5 Å². The second kappa shape index (κ2) is 5.37. The van der Waals surface area contributed by atoms with Crippen molar-refractivity contribution in [3.8, 4) is 5.75 Å². The van der Waals surface area contributed by atoms with Gasteiger partial charge in [-0.05, 0) is 45.9 Å². The number of rotatable bonds is 3. The minimum atomic E-state index is 0.442. The molecule has 17 heavy (non-hydrogen) atoms. The number of aromatic nitrogens is 2. The minimum Gasteiger partial charge on any atom is -0.497 e. The molecule has 0 unspecified atom stereocenters. The maximum Gasteiger partial charge on any atom is 0.195 e. The first-order valence-corrected chi connectivity index (χ1v) is 6.40. The van der Waals surface area contributed by atoms with E-state index in [0.29, 0.717) is 15.6 Å². The summed E-state index contributed by atoms with van der Waals surface area (Å²) in [5.74, 6) is 1.25. The number of nitrogens with zero attached hydrogens (tertiary/aromatic N) is 2. The number of methoxy groups -OCH3 is 1. The molecule has 0 saturated heterocycles. The van der Waals surface area contributed by atoms with Gasteiger partial charge in [0.2, 0.25) is 0 Å². The standard InChI is InChI=1S/C11H10BrN3OS/c1-16-7-3-2-4-8(5-7)17-11-14-9(12)6-10(13)15-11/h2-6H,1H3,(H2,13,14,15). The van der Waals surface area contributed by atoms with Crippen molar-refractivity contribution in [3.05, 3.63) is 34.9 Å². The van der Waals surface area contributed by atoms with Crippen LogP contribution in [-0.2, 0) is 0 Å². The molecule has 0 aliphatic rings. The van der Waals surface area contributed by atoms with Gasteiger partial charge in [0.15, 0.2) is 5.16 Å². The fourth-order valence-corrected chi connectivity index (χ4v) is 2.58. The summed E-state index contributed by atoms with van der Waals surface area (Å²) >= 11 is 4.72. The first-order valence-electron chi connectivity index (χ1n) is 4.79. The van der Waals surface area contributed by atoms with Crippen LogP contribution in [0.15, 0.2) is 45.0 Å². The summed E-state index contributed by atoms with van der Waals surface area (Å²) in [4.78, 5) is 9.38. The molecule has 88 valence electrons. The van der Waals surface area contributed by atoms with Gasteiger partial charge in [-0.2, -0.15) is 0 Å². The number of benzene rings is 1. The highest BCUT2D eigenvalue weighted by atomic mass is 79.9. The zero-order valence-corrected chi connectivity index (χ0v) is 11.5. The molecule has 2 N–H and O–H groups in total. The summed E-state index contributed by atoms with van der Waals surface area (Å²) in [6, 6.07) is 9.36. The number of hydrogen-bond donors (Lipinski definition) is 1. The summed E-state index contributed by atoms with van der Waals surface area (Å²) in [5.41, 5.74) is 5.65. The average Bonchev–Trinajstić information content (AvgIpc) is 2.28. The van der Waals surface area contributed by atoms with E-state index in [-0.39, 0.29) is 0 Å². The van der Waals surface area contributed by atoms with E-state index in [1.807, 2.05) is 24.3 Å². The average molecular weight is 312 g/mol. The van der Waals surface area contributed by atoms with E-state index in [1.54, 1.807) is 13.2 Å². The van der Waals surface area contributed by atoms with E-state index in [1.165, 1.54) is 11.8 Å². The van der Waals surface area contributed by atoms with Crippen LogP contribution in [0.1, 0.15) is 0 Å². The number of nitrogen functional groups attached to an aromatic ring is 1. The minimum absolute atomic E-state index is 0.442. The Balaban J connectivity index is 2.24. The molecule has 0 saturated carbocycles. The second-order valence-electron chi connectivity index (χ2n) is 3.18. The van der Waals surface area contributed by atoms with Crippen LogP contribution < -0.4 is 10.5 Å². The predicted molar refractivity (Wildman–Crippen MR) is 71.3 cm³/mol. The monoisotopic (exact) mass is 311 g/mol. The smallest absolute Gasteiger partial charge is 0.195 e. The lowest BCUT2D eigenvalue weighted by molar-refractivity contribution is 0.413. The highest BCUT2D eigenvalue weighted by Crippen LogP contribution is 2.28. The SMILES string of the molecule is COc1cccc(Sc2nc(N)cc(Br)n2)c1. The van der Waals surface area contributed by atoms with Gasteiger partial charge in [-0.1, -0.05) is 6.07 Å². The largest absolute Gasteiger partial charge is 0.497 e. The van der Waals surface area contributed by atoms with Crippen LogP contribution in [0.3, 0.4) is 0 Å². The van der Waals surface area contributed by atoms with Gasteiger partial charge in [0, 0.05) is 11.0 Å². The highest BCUT2D eigenvalue weighted by Gasteiger charge is 2.04. The van der Waals surface area contributed by atoms with Gasteiger partial charge < -0.3 is 10.5 Å². The van der Waals surface area contributed by atoms with Crippen LogP contribution in [0.4, 0.5) is 5.82 Å². The zero-order chi connectivity index (χ0) is 12.3. The molecule has 0 radical (unpaired) electrons.